The number of nitrogens with zero attached hydrogens (tertiary/aromatic N) is 2. The van der Waals surface area contributed by atoms with Gasteiger partial charge in [-0.25, -0.2) is 0 Å². The monoisotopic (exact) mass is 222 g/mol. The van der Waals surface area contributed by atoms with Crippen LogP contribution in [0.4, 0.5) is 0 Å². The van der Waals surface area contributed by atoms with E-state index in [0.29, 0.717) is 11.8 Å². The summed E-state index contributed by atoms with van der Waals surface area (Å²) in [6, 6.07) is 0. The minimum atomic E-state index is -0.653. The highest BCUT2D eigenvalue weighted by atomic mass is 16.4. The number of hydrogen-bond acceptors (Lipinski definition) is 2. The van der Waals surface area contributed by atoms with Crippen molar-refractivity contribution in [2.24, 2.45) is 17.8 Å². The molecule has 1 saturated carbocycles. The number of aliphatic carboxylic acids is 1. The van der Waals surface area contributed by atoms with Crippen LogP contribution in [-0.4, -0.2) is 20.9 Å². The predicted octanol–water partition coefficient (Wildman–Crippen LogP) is 1.80. The summed E-state index contributed by atoms with van der Waals surface area (Å²) >= 11 is 0. The van der Waals surface area contributed by atoms with E-state index in [0.717, 1.165) is 24.9 Å². The molecule has 0 unspecified atom stereocenters. The number of carbonyl (C=O) groups is 1. The van der Waals surface area contributed by atoms with Crippen LogP contribution >= 0.6 is 0 Å². The largest absolute Gasteiger partial charge is 0.481 e. The lowest BCUT2D eigenvalue weighted by Crippen LogP contribution is -2.04. The standard InChI is InChI=1S/C12H18N2O2/c1-8(2)6-14-7-9(5-13-14)3-10-4-11(10)12(15)16/h5,7-8,10-11H,3-4,6H2,1-2H3,(H,15,16)/t10-,11+/m0/s1. The molecule has 4 heteroatoms. The Morgan fingerprint density at radius 1 is 1.69 bits per heavy atom. The Morgan fingerprint density at radius 3 is 3.00 bits per heavy atom. The van der Waals surface area contributed by atoms with E-state index in [1.165, 1.54) is 0 Å². The summed E-state index contributed by atoms with van der Waals surface area (Å²) in [7, 11) is 0. The normalized spacial score (nSPS) is 23.7. The molecule has 2 rings (SSSR count). The molecule has 1 N–H and O–H groups in total. The third-order valence-corrected chi connectivity index (χ3v) is 2.98. The quantitative estimate of drug-likeness (QED) is 0.826. The molecule has 2 atom stereocenters. The van der Waals surface area contributed by atoms with Crippen LogP contribution in [0.15, 0.2) is 12.4 Å². The van der Waals surface area contributed by atoms with Gasteiger partial charge in [-0.15, -0.1) is 0 Å². The molecule has 1 aliphatic rings. The molecule has 0 aliphatic heterocycles. The topological polar surface area (TPSA) is 55.1 Å². The lowest BCUT2D eigenvalue weighted by molar-refractivity contribution is -0.138. The third-order valence-electron chi connectivity index (χ3n) is 2.98. The van der Waals surface area contributed by atoms with Crippen LogP contribution in [0.3, 0.4) is 0 Å². The van der Waals surface area contributed by atoms with Crippen molar-refractivity contribution < 1.29 is 9.90 Å². The molecule has 0 saturated heterocycles. The molecule has 88 valence electrons. The second-order valence-corrected chi connectivity index (χ2v) is 5.11. The van der Waals surface area contributed by atoms with Crippen LogP contribution < -0.4 is 0 Å². The lowest BCUT2D eigenvalue weighted by atomic mass is 10.1. The molecule has 0 radical (unpaired) electrons. The van der Waals surface area contributed by atoms with Crippen molar-refractivity contribution in [3.8, 4) is 0 Å². The summed E-state index contributed by atoms with van der Waals surface area (Å²) in [5, 5.41) is 13.1. The maximum absolute atomic E-state index is 10.7. The zero-order valence-electron chi connectivity index (χ0n) is 9.76. The Morgan fingerprint density at radius 2 is 2.44 bits per heavy atom. The lowest BCUT2D eigenvalue weighted by Gasteiger charge is -2.03. The van der Waals surface area contributed by atoms with E-state index in [9.17, 15) is 4.79 Å². The summed E-state index contributed by atoms with van der Waals surface area (Å²) in [6.07, 6.45) is 5.58. The van der Waals surface area contributed by atoms with Crippen molar-refractivity contribution in [1.29, 1.82) is 0 Å². The number of rotatable bonds is 5. The van der Waals surface area contributed by atoms with Gasteiger partial charge in [-0.3, -0.25) is 9.48 Å². The van der Waals surface area contributed by atoms with Crippen LogP contribution in [0.5, 0.6) is 0 Å². The van der Waals surface area contributed by atoms with E-state index in [1.807, 2.05) is 17.1 Å². The first-order chi connectivity index (χ1) is 7.56. The van der Waals surface area contributed by atoms with Crippen LogP contribution in [-0.2, 0) is 17.8 Å². The van der Waals surface area contributed by atoms with Gasteiger partial charge in [0.1, 0.15) is 0 Å². The van der Waals surface area contributed by atoms with E-state index >= 15 is 0 Å². The maximum Gasteiger partial charge on any atom is 0.306 e. The Balaban J connectivity index is 1.87. The van der Waals surface area contributed by atoms with Crippen LogP contribution in [0.25, 0.3) is 0 Å². The summed E-state index contributed by atoms with van der Waals surface area (Å²) in [5.74, 6) is 0.141. The molecule has 4 nitrogen and oxygen atoms in total. The van der Waals surface area contributed by atoms with Crippen LogP contribution in [0.1, 0.15) is 25.8 Å². The van der Waals surface area contributed by atoms with Gasteiger partial charge >= 0.3 is 5.97 Å². The van der Waals surface area contributed by atoms with Crippen molar-refractivity contribution in [2.75, 3.05) is 0 Å². The van der Waals surface area contributed by atoms with Gasteiger partial charge in [0.05, 0.1) is 12.1 Å². The average molecular weight is 222 g/mol. The van der Waals surface area contributed by atoms with Crippen LogP contribution in [0, 0.1) is 17.8 Å². The van der Waals surface area contributed by atoms with Gasteiger partial charge in [-0.2, -0.15) is 5.10 Å². The smallest absolute Gasteiger partial charge is 0.306 e. The average Bonchev–Trinajstić information content (AvgIpc) is 2.80. The van der Waals surface area contributed by atoms with Crippen molar-refractivity contribution in [3.05, 3.63) is 18.0 Å². The molecular weight excluding hydrogens is 204 g/mol. The van der Waals surface area contributed by atoms with Crippen LogP contribution in [0.2, 0.25) is 0 Å². The fourth-order valence-electron chi connectivity index (χ4n) is 2.06. The molecular formula is C12H18N2O2. The summed E-state index contributed by atoms with van der Waals surface area (Å²) in [4.78, 5) is 10.7. The molecule has 1 heterocycles. The van der Waals surface area contributed by atoms with E-state index in [-0.39, 0.29) is 5.92 Å². The number of hydrogen-bond donors (Lipinski definition) is 1. The summed E-state index contributed by atoms with van der Waals surface area (Å²) in [5.41, 5.74) is 1.16. The summed E-state index contributed by atoms with van der Waals surface area (Å²) < 4.78 is 1.94. The number of carboxylic acids is 1. The molecule has 0 spiro atoms. The van der Waals surface area contributed by atoms with E-state index in [1.54, 1.807) is 0 Å². The zero-order chi connectivity index (χ0) is 11.7. The Kier molecular flexibility index (Phi) is 2.99. The third kappa shape index (κ3) is 2.62. The second kappa shape index (κ2) is 4.28. The number of carboxylic acid groups (broad SMARTS) is 1. The van der Waals surface area contributed by atoms with Gasteiger partial charge in [0.2, 0.25) is 0 Å². The minimum absolute atomic E-state index is 0.117. The second-order valence-electron chi connectivity index (χ2n) is 5.11. The van der Waals surface area contributed by atoms with Crippen molar-refractivity contribution >= 4 is 5.97 Å². The Hall–Kier alpha value is -1.32. The molecule has 1 fully saturated rings. The highest BCUT2D eigenvalue weighted by Crippen LogP contribution is 2.41. The van der Waals surface area contributed by atoms with Gasteiger partial charge in [0, 0.05) is 12.7 Å². The highest BCUT2D eigenvalue weighted by Gasteiger charge is 2.42. The van der Waals surface area contributed by atoms with Gasteiger partial charge in [0.25, 0.3) is 0 Å². The molecule has 1 aromatic rings. The molecule has 1 aromatic heterocycles. The first kappa shape index (κ1) is 11.2. The van der Waals surface area contributed by atoms with Gasteiger partial charge in [-0.1, -0.05) is 13.8 Å². The highest BCUT2D eigenvalue weighted by molar-refractivity contribution is 5.73. The van der Waals surface area contributed by atoms with E-state index < -0.39 is 5.97 Å². The van der Waals surface area contributed by atoms with Gasteiger partial charge < -0.3 is 5.11 Å². The maximum atomic E-state index is 10.7. The van der Waals surface area contributed by atoms with Crippen molar-refractivity contribution in [3.63, 3.8) is 0 Å². The van der Waals surface area contributed by atoms with E-state index in [4.69, 9.17) is 5.11 Å². The summed E-state index contributed by atoms with van der Waals surface area (Å²) in [6.45, 7) is 5.23. The Bertz CT molecular complexity index is 384. The van der Waals surface area contributed by atoms with E-state index in [2.05, 4.69) is 18.9 Å². The van der Waals surface area contributed by atoms with Gasteiger partial charge in [0.15, 0.2) is 0 Å². The SMILES string of the molecule is CC(C)Cn1cc(C[C@H]2C[C@H]2C(=O)O)cn1. The molecule has 16 heavy (non-hydrogen) atoms. The fraction of sp³-hybridized carbons (Fsp3) is 0.667. The zero-order valence-corrected chi connectivity index (χ0v) is 9.76. The first-order valence-electron chi connectivity index (χ1n) is 5.80. The first-order valence-corrected chi connectivity index (χ1v) is 5.80. The molecule has 0 bridgehead atoms. The molecule has 0 amide bonds. The van der Waals surface area contributed by atoms with Gasteiger partial charge in [-0.05, 0) is 30.2 Å². The predicted molar refractivity (Wildman–Crippen MR) is 60.0 cm³/mol. The van der Waals surface area contributed by atoms with Crippen molar-refractivity contribution in [1.82, 2.24) is 9.78 Å². The van der Waals surface area contributed by atoms with Crippen molar-refractivity contribution in [2.45, 2.75) is 33.2 Å². The fourth-order valence-corrected chi connectivity index (χ4v) is 2.06. The molecule has 0 aromatic carbocycles. The number of aromatic nitrogens is 2. The minimum Gasteiger partial charge on any atom is -0.481 e. The Labute approximate surface area is 95.3 Å². The molecule has 1 aliphatic carbocycles.